The first-order valence-electron chi connectivity index (χ1n) is 21.5. The monoisotopic (exact) mass is 682 g/mol. The van der Waals surface area contributed by atoms with Crippen LogP contribution in [0.2, 0.25) is 0 Å². The Kier molecular flexibility index (Phi) is 25.9. The Morgan fingerprint density at radius 3 is 1.15 bits per heavy atom. The summed E-state index contributed by atoms with van der Waals surface area (Å²) in [4.78, 5) is 2.64. The van der Waals surface area contributed by atoms with Crippen molar-refractivity contribution in [2.24, 2.45) is 0 Å². The Morgan fingerprint density at radius 2 is 0.812 bits per heavy atom. The van der Waals surface area contributed by atoms with E-state index in [2.05, 4.69) is 32.6 Å². The van der Waals surface area contributed by atoms with Crippen LogP contribution in [0.25, 0.3) is 0 Å². The van der Waals surface area contributed by atoms with Crippen LogP contribution < -0.4 is 0 Å². The summed E-state index contributed by atoms with van der Waals surface area (Å²) in [5.41, 5.74) is 0. The van der Waals surface area contributed by atoms with Crippen molar-refractivity contribution in [3.05, 3.63) is 0 Å². The fraction of sp³-hybridized carbons (Fsp3) is 1.00. The van der Waals surface area contributed by atoms with Gasteiger partial charge in [0.1, 0.15) is 0 Å². The second kappa shape index (κ2) is 28.4. The highest BCUT2D eigenvalue weighted by Crippen LogP contribution is 2.37. The zero-order chi connectivity index (χ0) is 34.6. The van der Waals surface area contributed by atoms with Crippen molar-refractivity contribution < 1.29 is 24.1 Å². The summed E-state index contributed by atoms with van der Waals surface area (Å²) in [6.45, 7) is 14.3. The zero-order valence-corrected chi connectivity index (χ0v) is 32.7. The number of nitrogens with zero attached hydrogens (tertiary/aromatic N) is 1. The van der Waals surface area contributed by atoms with Crippen LogP contribution in [0.3, 0.4) is 0 Å². The predicted molar refractivity (Wildman–Crippen MR) is 203 cm³/mol. The summed E-state index contributed by atoms with van der Waals surface area (Å²) >= 11 is 0. The molecule has 2 aliphatic heterocycles. The van der Waals surface area contributed by atoms with Crippen LogP contribution in [0, 0.1) is 0 Å². The summed E-state index contributed by atoms with van der Waals surface area (Å²) in [5.74, 6) is -0.638. The minimum Gasteiger partial charge on any atom is -0.396 e. The number of rotatable bonds is 34. The molecule has 0 bridgehead atoms. The molecular formula is C42H83NO5. The van der Waals surface area contributed by atoms with E-state index >= 15 is 0 Å². The van der Waals surface area contributed by atoms with Gasteiger partial charge in [-0.1, -0.05) is 105 Å². The van der Waals surface area contributed by atoms with E-state index in [4.69, 9.17) is 18.9 Å². The minimum atomic E-state index is -0.319. The molecule has 0 aromatic rings. The van der Waals surface area contributed by atoms with Gasteiger partial charge in [0.2, 0.25) is 0 Å². The molecule has 2 fully saturated rings. The van der Waals surface area contributed by atoms with Gasteiger partial charge in [-0.15, -0.1) is 0 Å². The fourth-order valence-electron chi connectivity index (χ4n) is 7.77. The minimum absolute atomic E-state index is 0.254. The van der Waals surface area contributed by atoms with E-state index in [1.807, 2.05) is 0 Å². The number of aliphatic hydroxyl groups is 1. The predicted octanol–water partition coefficient (Wildman–Crippen LogP) is 11.5. The van der Waals surface area contributed by atoms with Crippen LogP contribution in [-0.2, 0) is 18.9 Å². The Balaban J connectivity index is 1.73. The van der Waals surface area contributed by atoms with Crippen molar-refractivity contribution >= 4 is 0 Å². The van der Waals surface area contributed by atoms with Crippen molar-refractivity contribution in [2.75, 3.05) is 39.5 Å². The van der Waals surface area contributed by atoms with Crippen molar-refractivity contribution in [2.45, 2.75) is 231 Å². The Morgan fingerprint density at radius 1 is 0.458 bits per heavy atom. The highest BCUT2D eigenvalue weighted by Gasteiger charge is 2.41. The average molecular weight is 682 g/mol. The quantitative estimate of drug-likeness (QED) is 0.0682. The van der Waals surface area contributed by atoms with Crippen LogP contribution in [-0.4, -0.2) is 73.2 Å². The number of unbranched alkanes of at least 4 members (excludes halogenated alkanes) is 15. The molecule has 0 saturated carbocycles. The summed E-state index contributed by atoms with van der Waals surface area (Å²) in [6.07, 6.45) is 34.1. The normalized spacial score (nSPS) is 20.4. The molecule has 0 spiro atoms. The largest absolute Gasteiger partial charge is 0.396 e. The highest BCUT2D eigenvalue weighted by atomic mass is 16.7. The molecule has 0 radical (unpaired) electrons. The van der Waals surface area contributed by atoms with E-state index in [0.717, 1.165) is 84.2 Å². The smallest absolute Gasteiger partial charge is 0.168 e. The maximum absolute atomic E-state index is 9.39. The Labute approximate surface area is 299 Å². The molecule has 0 aromatic heterocycles. The molecule has 0 amide bonds. The first kappa shape index (κ1) is 43.9. The van der Waals surface area contributed by atoms with Gasteiger partial charge in [0.25, 0.3) is 0 Å². The first-order chi connectivity index (χ1) is 23.5. The molecule has 0 aromatic carbocycles. The standard InChI is InChI=1S/C42H83NO5/c1-5-9-13-19-29-41(30-20-14-10-6-2)45-37-39(47-41)27-17-23-33-43(35-25-26-36-44)34-24-18-28-40-38-46-42(48-40,31-21-15-11-7-3)32-22-16-12-8-4/h39-40,44H,5-38H2,1-4H3. The zero-order valence-electron chi connectivity index (χ0n) is 32.7. The van der Waals surface area contributed by atoms with Crippen LogP contribution in [0.1, 0.15) is 207 Å². The summed E-state index contributed by atoms with van der Waals surface area (Å²) in [6, 6.07) is 0. The maximum Gasteiger partial charge on any atom is 0.168 e. The lowest BCUT2D eigenvalue weighted by Gasteiger charge is -2.29. The first-order valence-corrected chi connectivity index (χ1v) is 21.5. The SMILES string of the molecule is CCCCCCC1(CCCCCC)OCC(CCCCN(CCCCO)CCCCC2COC(CCCCCC)(CCCCCC)O2)O1. The lowest BCUT2D eigenvalue weighted by Crippen LogP contribution is -2.31. The van der Waals surface area contributed by atoms with Crippen molar-refractivity contribution in [3.8, 4) is 0 Å². The van der Waals surface area contributed by atoms with E-state index in [1.165, 1.54) is 128 Å². The number of aliphatic hydroxyl groups excluding tert-OH is 1. The molecule has 2 rings (SSSR count). The lowest BCUT2D eigenvalue weighted by molar-refractivity contribution is -0.180. The second-order valence-electron chi connectivity index (χ2n) is 15.4. The molecule has 2 unspecified atom stereocenters. The molecule has 6 nitrogen and oxygen atoms in total. The number of hydrogen-bond donors (Lipinski definition) is 1. The van der Waals surface area contributed by atoms with Crippen molar-refractivity contribution in [1.82, 2.24) is 4.90 Å². The van der Waals surface area contributed by atoms with Gasteiger partial charge in [0.05, 0.1) is 25.4 Å². The molecule has 48 heavy (non-hydrogen) atoms. The second-order valence-corrected chi connectivity index (χ2v) is 15.4. The van der Waals surface area contributed by atoms with Gasteiger partial charge in [-0.25, -0.2) is 0 Å². The van der Waals surface area contributed by atoms with Gasteiger partial charge in [0, 0.05) is 32.3 Å². The molecule has 0 aliphatic carbocycles. The van der Waals surface area contributed by atoms with E-state index < -0.39 is 0 Å². The molecule has 2 heterocycles. The fourth-order valence-corrected chi connectivity index (χ4v) is 7.77. The summed E-state index contributed by atoms with van der Waals surface area (Å²) in [7, 11) is 0. The van der Waals surface area contributed by atoms with Gasteiger partial charge in [-0.05, 0) is 96.7 Å². The molecular weight excluding hydrogens is 598 g/mol. The van der Waals surface area contributed by atoms with Crippen LogP contribution in [0.5, 0.6) is 0 Å². The van der Waals surface area contributed by atoms with E-state index in [0.29, 0.717) is 6.61 Å². The van der Waals surface area contributed by atoms with E-state index in [9.17, 15) is 5.11 Å². The Hall–Kier alpha value is -0.240. The summed E-state index contributed by atoms with van der Waals surface area (Å²) < 4.78 is 26.4. The van der Waals surface area contributed by atoms with Crippen molar-refractivity contribution in [3.63, 3.8) is 0 Å². The van der Waals surface area contributed by atoms with Crippen LogP contribution in [0.4, 0.5) is 0 Å². The maximum atomic E-state index is 9.39. The van der Waals surface area contributed by atoms with Gasteiger partial charge in [-0.3, -0.25) is 0 Å². The van der Waals surface area contributed by atoms with Gasteiger partial charge < -0.3 is 29.0 Å². The molecule has 286 valence electrons. The Bertz CT molecular complexity index is 642. The van der Waals surface area contributed by atoms with E-state index in [-0.39, 0.29) is 23.8 Å². The molecule has 2 atom stereocenters. The third-order valence-electron chi connectivity index (χ3n) is 10.9. The molecule has 2 saturated heterocycles. The van der Waals surface area contributed by atoms with Crippen LogP contribution in [0.15, 0.2) is 0 Å². The molecule has 6 heteroatoms. The average Bonchev–Trinajstić information content (AvgIpc) is 3.70. The third kappa shape index (κ3) is 19.4. The van der Waals surface area contributed by atoms with E-state index in [1.54, 1.807) is 0 Å². The van der Waals surface area contributed by atoms with Gasteiger partial charge in [0.15, 0.2) is 11.6 Å². The summed E-state index contributed by atoms with van der Waals surface area (Å²) in [5, 5.41) is 9.39. The van der Waals surface area contributed by atoms with Gasteiger partial charge in [-0.2, -0.15) is 0 Å². The third-order valence-corrected chi connectivity index (χ3v) is 10.9. The number of hydrogen-bond acceptors (Lipinski definition) is 6. The van der Waals surface area contributed by atoms with Crippen LogP contribution >= 0.6 is 0 Å². The topological polar surface area (TPSA) is 60.4 Å². The highest BCUT2D eigenvalue weighted by molar-refractivity contribution is 4.81. The number of ether oxygens (including phenoxy) is 4. The molecule has 1 N–H and O–H groups in total. The van der Waals surface area contributed by atoms with Gasteiger partial charge >= 0.3 is 0 Å². The molecule has 2 aliphatic rings. The van der Waals surface area contributed by atoms with Crippen molar-refractivity contribution in [1.29, 1.82) is 0 Å². The lowest BCUT2D eigenvalue weighted by atomic mass is 10.00.